The predicted molar refractivity (Wildman–Crippen MR) is 131 cm³/mol. The lowest BCUT2D eigenvalue weighted by molar-refractivity contribution is -0.149. The third-order valence-electron chi connectivity index (χ3n) is 5.23. The maximum absolute atomic E-state index is 15.3. The SMILES string of the molecule is CC(C)OC(=O)[C@H](C)NP(=O)(OC[C@H]1O[C@@H](n2ccc(N)nc2=S)C(C)(O)[C@H]1F)Oc1ccccc1. The van der Waals surface area contributed by atoms with Crippen LogP contribution in [0.25, 0.3) is 0 Å². The van der Waals surface area contributed by atoms with E-state index in [-0.39, 0.29) is 16.3 Å². The summed E-state index contributed by atoms with van der Waals surface area (Å²) in [6.45, 7) is 5.42. The molecule has 0 bridgehead atoms. The number of ether oxygens (including phenoxy) is 2. The quantitative estimate of drug-likeness (QED) is 0.230. The Morgan fingerprint density at radius 2 is 2.03 bits per heavy atom. The van der Waals surface area contributed by atoms with Gasteiger partial charge in [0.15, 0.2) is 12.4 Å². The number of nitrogen functional groups attached to an aromatic ring is 1. The van der Waals surface area contributed by atoms with Crippen LogP contribution >= 0.6 is 20.0 Å². The smallest absolute Gasteiger partial charge is 0.459 e. The minimum Gasteiger partial charge on any atom is -0.462 e. The van der Waals surface area contributed by atoms with Gasteiger partial charge < -0.3 is 24.8 Å². The number of rotatable bonds is 10. The molecule has 0 aliphatic carbocycles. The second-order valence-electron chi connectivity index (χ2n) is 8.73. The summed E-state index contributed by atoms with van der Waals surface area (Å²) in [5, 5.41) is 13.4. The highest BCUT2D eigenvalue weighted by Gasteiger charge is 2.55. The number of nitrogens with two attached hydrogens (primary N) is 1. The Labute approximate surface area is 213 Å². The van der Waals surface area contributed by atoms with E-state index in [2.05, 4.69) is 10.1 Å². The Balaban J connectivity index is 1.79. The van der Waals surface area contributed by atoms with Crippen LogP contribution in [0.1, 0.15) is 33.9 Å². The van der Waals surface area contributed by atoms with Crippen LogP contribution in [0.3, 0.4) is 0 Å². The molecule has 11 nitrogen and oxygen atoms in total. The van der Waals surface area contributed by atoms with Gasteiger partial charge in [-0.15, -0.1) is 0 Å². The average molecular weight is 545 g/mol. The molecule has 0 amide bonds. The normalized spacial score (nSPS) is 26.4. The van der Waals surface area contributed by atoms with Gasteiger partial charge in [-0.2, -0.15) is 5.09 Å². The molecule has 4 N–H and O–H groups in total. The van der Waals surface area contributed by atoms with Crippen molar-refractivity contribution in [3.8, 4) is 5.75 Å². The van der Waals surface area contributed by atoms with Gasteiger partial charge in [0.05, 0.1) is 12.7 Å². The number of aromatic nitrogens is 2. The van der Waals surface area contributed by atoms with Gasteiger partial charge >= 0.3 is 13.7 Å². The number of esters is 1. The Morgan fingerprint density at radius 3 is 2.64 bits per heavy atom. The molecule has 0 spiro atoms. The Morgan fingerprint density at radius 1 is 1.36 bits per heavy atom. The van der Waals surface area contributed by atoms with Gasteiger partial charge in [0.25, 0.3) is 0 Å². The number of aliphatic hydroxyl groups is 1. The lowest BCUT2D eigenvalue weighted by Crippen LogP contribution is -2.42. The largest absolute Gasteiger partial charge is 0.462 e. The first-order valence-electron chi connectivity index (χ1n) is 11.2. The molecule has 36 heavy (non-hydrogen) atoms. The van der Waals surface area contributed by atoms with Crippen LogP contribution in [0.4, 0.5) is 10.2 Å². The van der Waals surface area contributed by atoms with Crippen molar-refractivity contribution in [2.24, 2.45) is 0 Å². The number of hydrogen-bond donors (Lipinski definition) is 3. The lowest BCUT2D eigenvalue weighted by atomic mass is 9.98. The van der Waals surface area contributed by atoms with Crippen molar-refractivity contribution in [2.75, 3.05) is 12.3 Å². The van der Waals surface area contributed by atoms with Crippen molar-refractivity contribution in [1.82, 2.24) is 14.6 Å². The first-order chi connectivity index (χ1) is 16.8. The number of para-hydroxylation sites is 1. The number of carbonyl (C=O) groups is 1. The molecule has 2 heterocycles. The Hall–Kier alpha value is -2.41. The summed E-state index contributed by atoms with van der Waals surface area (Å²) in [5.41, 5.74) is 3.59. The van der Waals surface area contributed by atoms with E-state index in [9.17, 15) is 14.5 Å². The van der Waals surface area contributed by atoms with Crippen molar-refractivity contribution in [1.29, 1.82) is 0 Å². The molecule has 0 radical (unpaired) electrons. The van der Waals surface area contributed by atoms with Crippen molar-refractivity contribution >= 4 is 31.8 Å². The maximum Gasteiger partial charge on any atom is 0.459 e. The molecule has 2 aromatic rings. The van der Waals surface area contributed by atoms with Crippen LogP contribution in [0, 0.1) is 4.77 Å². The third kappa shape index (κ3) is 6.67. The number of nitrogens with one attached hydrogen (secondary N) is 1. The molecule has 1 aliphatic heterocycles. The highest BCUT2D eigenvalue weighted by Crippen LogP contribution is 2.47. The maximum atomic E-state index is 15.3. The van der Waals surface area contributed by atoms with Crippen LogP contribution in [0.15, 0.2) is 42.6 Å². The first kappa shape index (κ1) is 28.2. The minimum atomic E-state index is -4.26. The van der Waals surface area contributed by atoms with E-state index in [0.29, 0.717) is 0 Å². The van der Waals surface area contributed by atoms with E-state index in [0.717, 1.165) is 0 Å². The van der Waals surface area contributed by atoms with Crippen molar-refractivity contribution in [3.63, 3.8) is 0 Å². The number of alkyl halides is 1. The fourth-order valence-electron chi connectivity index (χ4n) is 3.47. The Kier molecular flexibility index (Phi) is 8.86. The van der Waals surface area contributed by atoms with E-state index < -0.39 is 56.6 Å². The summed E-state index contributed by atoms with van der Waals surface area (Å²) in [7, 11) is -4.26. The second kappa shape index (κ2) is 11.3. The molecular weight excluding hydrogens is 514 g/mol. The van der Waals surface area contributed by atoms with Crippen molar-refractivity contribution in [3.05, 3.63) is 47.4 Å². The van der Waals surface area contributed by atoms with E-state index in [1.807, 2.05) is 0 Å². The van der Waals surface area contributed by atoms with Crippen molar-refractivity contribution in [2.45, 2.75) is 63.9 Å². The monoisotopic (exact) mass is 544 g/mol. The molecule has 14 heteroatoms. The number of carbonyl (C=O) groups excluding carboxylic acids is 1. The van der Waals surface area contributed by atoms with Crippen LogP contribution in [0.2, 0.25) is 0 Å². The number of hydrogen-bond acceptors (Lipinski definition) is 10. The molecule has 1 aromatic heterocycles. The molecule has 2 unspecified atom stereocenters. The van der Waals surface area contributed by atoms with Crippen LogP contribution in [-0.2, 0) is 23.4 Å². The summed E-state index contributed by atoms with van der Waals surface area (Å²) in [6.07, 6.45) is -3.56. The predicted octanol–water partition coefficient (Wildman–Crippen LogP) is 3.31. The molecule has 1 aliphatic rings. The number of benzene rings is 1. The fraction of sp³-hybridized carbons (Fsp3) is 0.500. The number of anilines is 1. The van der Waals surface area contributed by atoms with Gasteiger partial charge in [-0.1, -0.05) is 18.2 Å². The molecule has 0 saturated carbocycles. The van der Waals surface area contributed by atoms with Gasteiger partial charge in [-0.05, 0) is 58.1 Å². The van der Waals surface area contributed by atoms with Crippen LogP contribution < -0.4 is 15.3 Å². The number of halogens is 1. The molecule has 198 valence electrons. The van der Waals surface area contributed by atoms with E-state index in [1.54, 1.807) is 32.0 Å². The summed E-state index contributed by atoms with van der Waals surface area (Å²) in [6, 6.07) is 8.46. The van der Waals surface area contributed by atoms with Gasteiger partial charge in [0.1, 0.15) is 29.3 Å². The summed E-state index contributed by atoms with van der Waals surface area (Å²) < 4.78 is 52.0. The zero-order valence-corrected chi connectivity index (χ0v) is 21.9. The van der Waals surface area contributed by atoms with Gasteiger partial charge in [0.2, 0.25) is 4.77 Å². The number of nitrogens with zero attached hydrogens (tertiary/aromatic N) is 2. The van der Waals surface area contributed by atoms with E-state index in [1.165, 1.54) is 42.8 Å². The summed E-state index contributed by atoms with van der Waals surface area (Å²) in [5.74, 6) is -0.342. The van der Waals surface area contributed by atoms with Crippen molar-refractivity contribution < 1.29 is 37.4 Å². The van der Waals surface area contributed by atoms with Crippen LogP contribution in [0.5, 0.6) is 5.75 Å². The highest BCUT2D eigenvalue weighted by atomic mass is 32.1. The Bertz CT molecular complexity index is 1170. The lowest BCUT2D eigenvalue weighted by Gasteiger charge is -2.27. The second-order valence-corrected chi connectivity index (χ2v) is 10.8. The molecule has 3 rings (SSSR count). The fourth-order valence-corrected chi connectivity index (χ4v) is 5.23. The molecule has 1 aromatic carbocycles. The summed E-state index contributed by atoms with van der Waals surface area (Å²) in [4.78, 5) is 16.2. The summed E-state index contributed by atoms with van der Waals surface area (Å²) >= 11 is 5.16. The first-order valence-corrected chi connectivity index (χ1v) is 13.1. The molecule has 1 fully saturated rings. The highest BCUT2D eigenvalue weighted by molar-refractivity contribution is 7.71. The van der Waals surface area contributed by atoms with Gasteiger partial charge in [-0.25, -0.2) is 13.9 Å². The standard InChI is InChI=1S/C22H30FN4O7PS/c1-13(2)32-19(28)14(3)26-35(30,34-15-8-6-5-7-9-15)31-12-16-18(23)22(4,29)20(33-16)27-11-10-17(24)25-21(27)36/h5-11,13-14,16,18,20,29H,12H2,1-4H3,(H,26,30)(H2,24,25,36)/t14-,16+,18-,20+,22?,35?/m0/s1. The van der Waals surface area contributed by atoms with Crippen LogP contribution in [-0.4, -0.2) is 57.3 Å². The van der Waals surface area contributed by atoms with Gasteiger partial charge in [-0.3, -0.25) is 13.9 Å². The zero-order valence-electron chi connectivity index (χ0n) is 20.2. The van der Waals surface area contributed by atoms with Gasteiger partial charge in [0, 0.05) is 6.20 Å². The minimum absolute atomic E-state index is 0.0220. The zero-order chi connectivity index (χ0) is 26.7. The average Bonchev–Trinajstić information content (AvgIpc) is 3.01. The molecular formula is C22H30FN4O7PS. The van der Waals surface area contributed by atoms with E-state index >= 15 is 4.39 Å². The third-order valence-corrected chi connectivity index (χ3v) is 7.17. The molecule has 1 saturated heterocycles. The molecule has 6 atom stereocenters. The van der Waals surface area contributed by atoms with E-state index in [4.69, 9.17) is 36.5 Å². The topological polar surface area (TPSA) is 147 Å².